The second kappa shape index (κ2) is 3.37. The van der Waals surface area contributed by atoms with Gasteiger partial charge in [0.1, 0.15) is 0 Å². The number of carbonyl (C=O) groups is 2. The maximum atomic E-state index is 12.8. The van der Waals surface area contributed by atoms with E-state index in [-0.39, 0.29) is 11.6 Å². The van der Waals surface area contributed by atoms with E-state index in [1.165, 1.54) is 0 Å². The molecule has 4 heteroatoms. The zero-order valence-electron chi connectivity index (χ0n) is 11.3. The highest BCUT2D eigenvalue weighted by atomic mass is 32.2. The van der Waals surface area contributed by atoms with Crippen molar-refractivity contribution in [3.63, 3.8) is 0 Å². The first kappa shape index (κ1) is 12.2. The fourth-order valence-corrected chi connectivity index (χ4v) is 6.38. The van der Waals surface area contributed by atoms with Crippen molar-refractivity contribution in [3.05, 3.63) is 47.5 Å². The van der Waals surface area contributed by atoms with Crippen LogP contribution in [0.1, 0.15) is 34.6 Å². The Morgan fingerprint density at radius 2 is 1.30 bits per heavy atom. The maximum absolute atomic E-state index is 12.8. The number of rotatable bonds is 0. The summed E-state index contributed by atoms with van der Waals surface area (Å²) < 4.78 is 11.3. The van der Waals surface area contributed by atoms with Gasteiger partial charge in [-0.3, -0.25) is 13.8 Å². The largest absolute Gasteiger partial charge is 0.294 e. The van der Waals surface area contributed by atoms with Gasteiger partial charge in [-0.25, -0.2) is 0 Å². The van der Waals surface area contributed by atoms with Gasteiger partial charge < -0.3 is 0 Å². The molecule has 0 N–H and O–H groups in total. The zero-order valence-corrected chi connectivity index (χ0v) is 12.1. The first-order chi connectivity index (χ1) is 9.41. The van der Waals surface area contributed by atoms with Gasteiger partial charge in [-0.1, -0.05) is 36.4 Å². The summed E-state index contributed by atoms with van der Waals surface area (Å²) in [6.45, 7) is 3.68. The molecule has 0 spiro atoms. The molecule has 4 rings (SSSR count). The highest BCUT2D eigenvalue weighted by Gasteiger charge is 2.70. The van der Waals surface area contributed by atoms with E-state index in [0.29, 0.717) is 11.1 Å². The molecule has 20 heavy (non-hydrogen) atoms. The van der Waals surface area contributed by atoms with Crippen molar-refractivity contribution in [2.24, 2.45) is 11.8 Å². The smallest absolute Gasteiger partial charge is 0.169 e. The molecule has 3 nitrogen and oxygen atoms in total. The Morgan fingerprint density at radius 1 is 0.900 bits per heavy atom. The van der Waals surface area contributed by atoms with Crippen molar-refractivity contribution in [1.82, 2.24) is 0 Å². The molecule has 1 fully saturated rings. The van der Waals surface area contributed by atoms with Crippen LogP contribution in [0.3, 0.4) is 0 Å². The monoisotopic (exact) mass is 286 g/mol. The lowest BCUT2D eigenvalue weighted by atomic mass is 9.62. The van der Waals surface area contributed by atoms with Gasteiger partial charge in [-0.05, 0) is 13.8 Å². The highest BCUT2D eigenvalue weighted by Crippen LogP contribution is 2.59. The molecule has 1 saturated heterocycles. The molecule has 0 amide bonds. The van der Waals surface area contributed by atoms with E-state index in [1.54, 1.807) is 24.3 Å². The minimum absolute atomic E-state index is 0.0332. The third kappa shape index (κ3) is 1.07. The third-order valence-corrected chi connectivity index (χ3v) is 7.51. The van der Waals surface area contributed by atoms with Crippen molar-refractivity contribution < 1.29 is 13.8 Å². The second-order valence-corrected chi connectivity index (χ2v) is 8.50. The van der Waals surface area contributed by atoms with Gasteiger partial charge in [-0.15, -0.1) is 0 Å². The quantitative estimate of drug-likeness (QED) is 0.687. The predicted molar refractivity (Wildman–Crippen MR) is 76.2 cm³/mol. The Morgan fingerprint density at radius 3 is 1.70 bits per heavy atom. The summed E-state index contributed by atoms with van der Waals surface area (Å²) in [6.07, 6.45) is 3.76. The van der Waals surface area contributed by atoms with Crippen molar-refractivity contribution in [3.8, 4) is 0 Å². The van der Waals surface area contributed by atoms with Crippen LogP contribution in [-0.2, 0) is 10.8 Å². The van der Waals surface area contributed by atoms with E-state index in [2.05, 4.69) is 0 Å². The summed E-state index contributed by atoms with van der Waals surface area (Å²) in [7, 11) is -1.23. The summed E-state index contributed by atoms with van der Waals surface area (Å²) in [5.41, 5.74) is 0.975. The summed E-state index contributed by atoms with van der Waals surface area (Å²) in [5, 5.41) is 0. The van der Waals surface area contributed by atoms with Gasteiger partial charge >= 0.3 is 0 Å². The Balaban J connectivity index is 2.03. The van der Waals surface area contributed by atoms with E-state index in [9.17, 15) is 13.8 Å². The van der Waals surface area contributed by atoms with Crippen LogP contribution in [0.5, 0.6) is 0 Å². The lowest BCUT2D eigenvalue weighted by Crippen LogP contribution is -2.47. The van der Waals surface area contributed by atoms with Crippen molar-refractivity contribution in [2.75, 3.05) is 0 Å². The minimum atomic E-state index is -1.23. The van der Waals surface area contributed by atoms with Gasteiger partial charge in [0.2, 0.25) is 0 Å². The van der Waals surface area contributed by atoms with Crippen LogP contribution in [0, 0.1) is 11.8 Å². The Hall–Kier alpha value is -1.55. The lowest BCUT2D eigenvalue weighted by molar-refractivity contribution is 0.0704. The lowest BCUT2D eigenvalue weighted by Gasteiger charge is -2.36. The average molecular weight is 286 g/mol. The summed E-state index contributed by atoms with van der Waals surface area (Å²) in [4.78, 5) is 25.6. The maximum Gasteiger partial charge on any atom is 0.169 e. The van der Waals surface area contributed by atoms with E-state index >= 15 is 0 Å². The first-order valence-corrected chi connectivity index (χ1v) is 7.86. The van der Waals surface area contributed by atoms with Crippen molar-refractivity contribution >= 4 is 22.4 Å². The van der Waals surface area contributed by atoms with Crippen LogP contribution in [-0.4, -0.2) is 25.3 Å². The molecule has 1 aromatic carbocycles. The van der Waals surface area contributed by atoms with Gasteiger partial charge in [0.05, 0.1) is 21.3 Å². The summed E-state index contributed by atoms with van der Waals surface area (Å²) >= 11 is 0. The van der Waals surface area contributed by atoms with Crippen molar-refractivity contribution in [2.45, 2.75) is 23.3 Å². The topological polar surface area (TPSA) is 51.2 Å². The Labute approximate surface area is 119 Å². The SMILES string of the molecule is C[C@]12C=C[C@](C)(C3C(=O)c4ccccc4C(=O)C31)S2=O. The minimum Gasteiger partial charge on any atom is -0.294 e. The van der Waals surface area contributed by atoms with E-state index in [1.807, 2.05) is 26.0 Å². The Kier molecular flexibility index (Phi) is 2.06. The first-order valence-electron chi connectivity index (χ1n) is 6.71. The molecule has 3 unspecified atom stereocenters. The number of Topliss-reactive ketones (excluding diaryl/α,β-unsaturated/α-hetero) is 2. The number of benzene rings is 1. The molecule has 102 valence electrons. The molecule has 2 aliphatic heterocycles. The van der Waals surface area contributed by atoms with Gasteiger partial charge in [0.25, 0.3) is 0 Å². The Bertz CT molecular complexity index is 676. The predicted octanol–water partition coefficient (Wildman–Crippen LogP) is 2.15. The molecule has 0 aromatic heterocycles. The number of ketones is 2. The van der Waals surface area contributed by atoms with Gasteiger partial charge in [0.15, 0.2) is 11.6 Å². The van der Waals surface area contributed by atoms with Crippen LogP contribution < -0.4 is 0 Å². The van der Waals surface area contributed by atoms with Gasteiger partial charge in [0, 0.05) is 21.9 Å². The number of carbonyl (C=O) groups excluding carboxylic acids is 2. The molecule has 2 heterocycles. The molecule has 2 bridgehead atoms. The average Bonchev–Trinajstić information content (AvgIpc) is 2.78. The summed E-state index contributed by atoms with van der Waals surface area (Å²) in [6, 6.07) is 6.95. The molecular weight excluding hydrogens is 272 g/mol. The molecule has 3 aliphatic rings. The number of hydrogen-bond acceptors (Lipinski definition) is 3. The van der Waals surface area contributed by atoms with Crippen molar-refractivity contribution in [1.29, 1.82) is 0 Å². The molecule has 5 atom stereocenters. The molecular formula is C16H14O3S. The molecule has 0 saturated carbocycles. The van der Waals surface area contributed by atoms with Gasteiger partial charge in [-0.2, -0.15) is 0 Å². The van der Waals surface area contributed by atoms with Crippen LogP contribution >= 0.6 is 0 Å². The second-order valence-electron chi connectivity index (χ2n) is 6.20. The van der Waals surface area contributed by atoms with E-state index in [0.717, 1.165) is 0 Å². The third-order valence-electron chi connectivity index (χ3n) is 5.14. The van der Waals surface area contributed by atoms with E-state index in [4.69, 9.17) is 0 Å². The number of hydrogen-bond donors (Lipinski definition) is 0. The fourth-order valence-electron chi connectivity index (χ4n) is 4.10. The normalized spacial score (nSPS) is 44.6. The number of fused-ring (bicyclic) bond motifs is 6. The molecule has 0 radical (unpaired) electrons. The van der Waals surface area contributed by atoms with Crippen LogP contribution in [0.4, 0.5) is 0 Å². The fraction of sp³-hybridized carbons (Fsp3) is 0.375. The van der Waals surface area contributed by atoms with Crippen LogP contribution in [0.2, 0.25) is 0 Å². The standard InChI is InChI=1S/C16H14O3S/c1-15-7-8-16(2,20(15)19)12-11(15)13(17)9-5-3-4-6-10(9)14(12)18/h3-8,11-12H,1-2H3/t11?,12?,15-,16+,20?. The zero-order chi connectivity index (χ0) is 14.3. The molecule has 1 aliphatic carbocycles. The van der Waals surface area contributed by atoms with Crippen LogP contribution in [0.15, 0.2) is 36.4 Å². The van der Waals surface area contributed by atoms with Crippen LogP contribution in [0.25, 0.3) is 0 Å². The molecule has 1 aromatic rings. The summed E-state index contributed by atoms with van der Waals surface area (Å²) in [5.74, 6) is -1.04. The highest BCUT2D eigenvalue weighted by molar-refractivity contribution is 7.89. The van der Waals surface area contributed by atoms with E-state index < -0.39 is 32.1 Å².